The highest BCUT2D eigenvalue weighted by molar-refractivity contribution is 6.02. The standard InChI is InChI=1S/C18H20N2O.C2H6/c1-14-7-6-10-16(13-14)19-18(21)20-12-5-4-9-15-8-2-3-11-17(15)20;1-2/h2-3,6-8,10-11,13H,4-5,9,12H2,1H3,(H,19,21);1-2H3. The van der Waals surface area contributed by atoms with Crippen molar-refractivity contribution in [3.63, 3.8) is 0 Å². The molecule has 0 unspecified atom stereocenters. The van der Waals surface area contributed by atoms with Crippen LogP contribution in [0, 0.1) is 6.92 Å². The lowest BCUT2D eigenvalue weighted by atomic mass is 10.1. The van der Waals surface area contributed by atoms with Crippen LogP contribution in [0.4, 0.5) is 16.2 Å². The molecule has 0 bridgehead atoms. The SMILES string of the molecule is CC.Cc1cccc(NC(=O)N2CCCCc3ccccc32)c1. The van der Waals surface area contributed by atoms with Gasteiger partial charge in [0.2, 0.25) is 0 Å². The summed E-state index contributed by atoms with van der Waals surface area (Å²) in [4.78, 5) is 14.5. The monoisotopic (exact) mass is 310 g/mol. The molecule has 0 aromatic heterocycles. The van der Waals surface area contributed by atoms with Crippen LogP contribution in [0.5, 0.6) is 0 Å². The zero-order valence-corrected chi connectivity index (χ0v) is 14.3. The van der Waals surface area contributed by atoms with Gasteiger partial charge in [0.1, 0.15) is 0 Å². The fourth-order valence-electron chi connectivity index (χ4n) is 2.82. The van der Waals surface area contributed by atoms with Gasteiger partial charge in [-0.1, -0.05) is 44.2 Å². The molecule has 0 spiro atoms. The number of nitrogens with zero attached hydrogens (tertiary/aromatic N) is 1. The topological polar surface area (TPSA) is 32.3 Å². The summed E-state index contributed by atoms with van der Waals surface area (Å²) in [6.45, 7) is 6.80. The zero-order valence-electron chi connectivity index (χ0n) is 14.3. The molecule has 23 heavy (non-hydrogen) atoms. The van der Waals surface area contributed by atoms with Crippen LogP contribution < -0.4 is 10.2 Å². The summed E-state index contributed by atoms with van der Waals surface area (Å²) >= 11 is 0. The van der Waals surface area contributed by atoms with Crippen LogP contribution in [-0.2, 0) is 6.42 Å². The van der Waals surface area contributed by atoms with E-state index < -0.39 is 0 Å². The Hall–Kier alpha value is -2.29. The largest absolute Gasteiger partial charge is 0.326 e. The Labute approximate surface area is 139 Å². The summed E-state index contributed by atoms with van der Waals surface area (Å²) in [5.74, 6) is 0. The average molecular weight is 310 g/mol. The highest BCUT2D eigenvalue weighted by atomic mass is 16.2. The maximum absolute atomic E-state index is 12.6. The van der Waals surface area contributed by atoms with E-state index >= 15 is 0 Å². The van der Waals surface area contributed by atoms with Crippen molar-refractivity contribution in [2.24, 2.45) is 0 Å². The van der Waals surface area contributed by atoms with Crippen LogP contribution in [0.3, 0.4) is 0 Å². The summed E-state index contributed by atoms with van der Waals surface area (Å²) < 4.78 is 0. The van der Waals surface area contributed by atoms with Crippen LogP contribution in [0.25, 0.3) is 0 Å². The molecule has 3 heteroatoms. The van der Waals surface area contributed by atoms with Gasteiger partial charge in [-0.3, -0.25) is 4.90 Å². The van der Waals surface area contributed by atoms with Crippen molar-refractivity contribution in [3.8, 4) is 0 Å². The molecule has 2 aromatic carbocycles. The number of aryl methyl sites for hydroxylation is 2. The van der Waals surface area contributed by atoms with Crippen molar-refractivity contribution >= 4 is 17.4 Å². The second-order valence-electron chi connectivity index (χ2n) is 5.54. The van der Waals surface area contributed by atoms with Crippen LogP contribution in [0.2, 0.25) is 0 Å². The number of rotatable bonds is 1. The van der Waals surface area contributed by atoms with Gasteiger partial charge in [0, 0.05) is 17.9 Å². The molecule has 2 aromatic rings. The van der Waals surface area contributed by atoms with E-state index in [1.54, 1.807) is 0 Å². The van der Waals surface area contributed by atoms with Crippen molar-refractivity contribution in [2.75, 3.05) is 16.8 Å². The normalized spacial score (nSPS) is 13.3. The van der Waals surface area contributed by atoms with E-state index in [1.807, 2.05) is 68.1 Å². The quantitative estimate of drug-likeness (QED) is 0.752. The van der Waals surface area contributed by atoms with Gasteiger partial charge in [0.05, 0.1) is 0 Å². The van der Waals surface area contributed by atoms with Gasteiger partial charge in [0.15, 0.2) is 0 Å². The van der Waals surface area contributed by atoms with E-state index in [2.05, 4.69) is 11.4 Å². The smallest absolute Gasteiger partial charge is 0.308 e. The van der Waals surface area contributed by atoms with Crippen molar-refractivity contribution in [2.45, 2.75) is 40.0 Å². The van der Waals surface area contributed by atoms with Crippen molar-refractivity contribution < 1.29 is 4.79 Å². The fraction of sp³-hybridized carbons (Fsp3) is 0.350. The third kappa shape index (κ3) is 4.35. The van der Waals surface area contributed by atoms with Gasteiger partial charge in [-0.05, 0) is 55.5 Å². The number of fused-ring (bicyclic) bond motifs is 1. The Morgan fingerprint density at radius 3 is 2.61 bits per heavy atom. The number of benzene rings is 2. The van der Waals surface area contributed by atoms with E-state index in [9.17, 15) is 4.79 Å². The molecule has 122 valence electrons. The van der Waals surface area contributed by atoms with Gasteiger partial charge >= 0.3 is 6.03 Å². The van der Waals surface area contributed by atoms with Gasteiger partial charge in [-0.25, -0.2) is 4.79 Å². The Morgan fingerprint density at radius 1 is 1.04 bits per heavy atom. The molecule has 3 rings (SSSR count). The number of amides is 2. The molecule has 0 atom stereocenters. The van der Waals surface area contributed by atoms with Crippen LogP contribution in [0.15, 0.2) is 48.5 Å². The minimum atomic E-state index is -0.0463. The van der Waals surface area contributed by atoms with Crippen LogP contribution in [0.1, 0.15) is 37.8 Å². The summed E-state index contributed by atoms with van der Waals surface area (Å²) in [5, 5.41) is 3.01. The lowest BCUT2D eigenvalue weighted by molar-refractivity contribution is 0.257. The first kappa shape index (κ1) is 17.1. The zero-order chi connectivity index (χ0) is 16.7. The lowest BCUT2D eigenvalue weighted by Gasteiger charge is -2.23. The minimum absolute atomic E-state index is 0.0463. The molecule has 1 heterocycles. The van der Waals surface area contributed by atoms with E-state index in [-0.39, 0.29) is 6.03 Å². The maximum Gasteiger partial charge on any atom is 0.326 e. The molecule has 0 aliphatic carbocycles. The molecule has 1 aliphatic heterocycles. The van der Waals surface area contributed by atoms with E-state index in [1.165, 1.54) is 5.56 Å². The predicted octanol–water partition coefficient (Wildman–Crippen LogP) is 5.40. The van der Waals surface area contributed by atoms with Crippen molar-refractivity contribution in [3.05, 3.63) is 59.7 Å². The average Bonchev–Trinajstić information content (AvgIpc) is 2.79. The second kappa shape index (κ2) is 8.37. The number of carbonyl (C=O) groups is 1. The van der Waals surface area contributed by atoms with Crippen molar-refractivity contribution in [1.82, 2.24) is 0 Å². The number of para-hydroxylation sites is 1. The molecular formula is C20H26N2O. The molecule has 1 N–H and O–H groups in total. The minimum Gasteiger partial charge on any atom is -0.308 e. The maximum atomic E-state index is 12.6. The van der Waals surface area contributed by atoms with Gasteiger partial charge in [0.25, 0.3) is 0 Å². The molecular weight excluding hydrogens is 284 g/mol. The Balaban J connectivity index is 0.000000924. The molecule has 3 nitrogen and oxygen atoms in total. The van der Waals surface area contributed by atoms with E-state index in [4.69, 9.17) is 0 Å². The summed E-state index contributed by atoms with van der Waals surface area (Å²) in [7, 11) is 0. The highest BCUT2D eigenvalue weighted by Gasteiger charge is 2.20. The number of urea groups is 1. The van der Waals surface area contributed by atoms with Gasteiger partial charge in [-0.2, -0.15) is 0 Å². The number of carbonyl (C=O) groups excluding carboxylic acids is 1. The first-order chi connectivity index (χ1) is 11.2. The molecule has 0 fully saturated rings. The molecule has 0 saturated heterocycles. The molecule has 1 aliphatic rings. The molecule has 0 saturated carbocycles. The Kier molecular flexibility index (Phi) is 6.21. The first-order valence-electron chi connectivity index (χ1n) is 8.47. The third-order valence-electron chi connectivity index (χ3n) is 3.87. The summed E-state index contributed by atoms with van der Waals surface area (Å²) in [5.41, 5.74) is 4.29. The predicted molar refractivity (Wildman–Crippen MR) is 98.3 cm³/mol. The third-order valence-corrected chi connectivity index (χ3v) is 3.87. The number of hydrogen-bond acceptors (Lipinski definition) is 1. The summed E-state index contributed by atoms with van der Waals surface area (Å²) in [6.07, 6.45) is 3.21. The van der Waals surface area contributed by atoms with E-state index in [0.29, 0.717) is 0 Å². The Bertz CT molecular complexity index is 652. The fourth-order valence-corrected chi connectivity index (χ4v) is 2.82. The Morgan fingerprint density at radius 2 is 1.83 bits per heavy atom. The van der Waals surface area contributed by atoms with Crippen molar-refractivity contribution in [1.29, 1.82) is 0 Å². The highest BCUT2D eigenvalue weighted by Crippen LogP contribution is 2.26. The number of hydrogen-bond donors (Lipinski definition) is 1. The lowest BCUT2D eigenvalue weighted by Crippen LogP contribution is -2.35. The second-order valence-corrected chi connectivity index (χ2v) is 5.54. The number of anilines is 2. The molecule has 0 radical (unpaired) electrons. The van der Waals surface area contributed by atoms with Crippen LogP contribution >= 0.6 is 0 Å². The van der Waals surface area contributed by atoms with Gasteiger partial charge in [-0.15, -0.1) is 0 Å². The van der Waals surface area contributed by atoms with E-state index in [0.717, 1.165) is 42.7 Å². The summed E-state index contributed by atoms with van der Waals surface area (Å²) in [6, 6.07) is 16.0. The molecule has 2 amide bonds. The van der Waals surface area contributed by atoms with Gasteiger partial charge < -0.3 is 5.32 Å². The number of nitrogens with one attached hydrogen (secondary N) is 1. The first-order valence-corrected chi connectivity index (χ1v) is 8.47. The van der Waals surface area contributed by atoms with Crippen LogP contribution in [-0.4, -0.2) is 12.6 Å².